The molecule has 0 aliphatic carbocycles. The number of esters is 1. The number of rotatable bonds is 7. The minimum atomic E-state index is -0.136. The second-order valence-electron chi connectivity index (χ2n) is 2.76. The van der Waals surface area contributed by atoms with Gasteiger partial charge in [-0.1, -0.05) is 11.9 Å². The first-order chi connectivity index (χ1) is 6.16. The van der Waals surface area contributed by atoms with E-state index in [-0.39, 0.29) is 5.97 Å². The van der Waals surface area contributed by atoms with Crippen LogP contribution in [-0.2, 0) is 9.53 Å². The van der Waals surface area contributed by atoms with E-state index >= 15 is 0 Å². The molecule has 0 rings (SSSR count). The molecule has 0 aliphatic rings. The summed E-state index contributed by atoms with van der Waals surface area (Å²) in [5.41, 5.74) is 5.25. The van der Waals surface area contributed by atoms with Crippen molar-refractivity contribution in [1.82, 2.24) is 4.31 Å². The lowest BCUT2D eigenvalue weighted by Crippen LogP contribution is -2.11. The van der Waals surface area contributed by atoms with E-state index in [9.17, 15) is 4.79 Å². The van der Waals surface area contributed by atoms with Crippen molar-refractivity contribution in [2.75, 3.05) is 33.0 Å². The Hall–Kier alpha value is -0.260. The maximum Gasteiger partial charge on any atom is 0.306 e. The zero-order valence-electron chi connectivity index (χ0n) is 8.28. The highest BCUT2D eigenvalue weighted by molar-refractivity contribution is 7.96. The monoisotopic (exact) mass is 206 g/mol. The Bertz CT molecular complexity index is 142. The molecule has 0 aromatic rings. The van der Waals surface area contributed by atoms with Crippen LogP contribution in [0, 0.1) is 0 Å². The first kappa shape index (κ1) is 12.7. The maximum absolute atomic E-state index is 11.0. The van der Waals surface area contributed by atoms with Crippen molar-refractivity contribution in [2.45, 2.75) is 12.8 Å². The molecule has 4 nitrogen and oxygen atoms in total. The summed E-state index contributed by atoms with van der Waals surface area (Å²) in [4.78, 5) is 11.0. The van der Waals surface area contributed by atoms with Crippen LogP contribution in [0.15, 0.2) is 0 Å². The molecule has 0 fully saturated rings. The van der Waals surface area contributed by atoms with E-state index in [1.807, 2.05) is 18.4 Å². The van der Waals surface area contributed by atoms with Crippen molar-refractivity contribution in [3.8, 4) is 0 Å². The highest BCUT2D eigenvalue weighted by Crippen LogP contribution is 2.05. The fourth-order valence-electron chi connectivity index (χ4n) is 0.653. The van der Waals surface area contributed by atoms with Crippen LogP contribution in [-0.4, -0.2) is 43.3 Å². The largest absolute Gasteiger partial charge is 0.466 e. The average Bonchev–Trinajstić information content (AvgIpc) is 2.04. The topological polar surface area (TPSA) is 55.6 Å². The van der Waals surface area contributed by atoms with Crippen LogP contribution >= 0.6 is 11.9 Å². The molecule has 0 amide bonds. The van der Waals surface area contributed by atoms with Crippen LogP contribution in [0.3, 0.4) is 0 Å². The van der Waals surface area contributed by atoms with Crippen molar-refractivity contribution in [3.63, 3.8) is 0 Å². The van der Waals surface area contributed by atoms with Crippen LogP contribution in [0.2, 0.25) is 0 Å². The summed E-state index contributed by atoms with van der Waals surface area (Å²) in [7, 11) is 3.90. The average molecular weight is 206 g/mol. The van der Waals surface area contributed by atoms with E-state index in [0.717, 1.165) is 12.2 Å². The zero-order chi connectivity index (χ0) is 10.1. The van der Waals surface area contributed by atoms with E-state index < -0.39 is 0 Å². The van der Waals surface area contributed by atoms with Gasteiger partial charge < -0.3 is 10.5 Å². The third-order valence-corrected chi connectivity index (χ3v) is 2.17. The minimum absolute atomic E-state index is 0.136. The molecule has 5 heteroatoms. The molecule has 0 aromatic heterocycles. The molecule has 78 valence electrons. The van der Waals surface area contributed by atoms with Gasteiger partial charge in [-0.3, -0.25) is 9.10 Å². The van der Waals surface area contributed by atoms with Gasteiger partial charge in [0.1, 0.15) is 0 Å². The number of hydrogen-bond donors (Lipinski definition) is 1. The molecule has 0 spiro atoms. The summed E-state index contributed by atoms with van der Waals surface area (Å²) >= 11 is 1.61. The molecule has 0 aromatic carbocycles. The molecule has 0 bridgehead atoms. The summed E-state index contributed by atoms with van der Waals surface area (Å²) in [6.45, 7) is 1.02. The van der Waals surface area contributed by atoms with Gasteiger partial charge in [0.25, 0.3) is 0 Å². The van der Waals surface area contributed by atoms with Crippen LogP contribution in [0.5, 0.6) is 0 Å². The summed E-state index contributed by atoms with van der Waals surface area (Å²) in [6, 6.07) is 0. The van der Waals surface area contributed by atoms with Crippen molar-refractivity contribution >= 4 is 17.9 Å². The predicted octanol–water partition coefficient (Wildman–Crippen LogP) is 0.478. The first-order valence-corrected chi connectivity index (χ1v) is 5.27. The highest BCUT2D eigenvalue weighted by Gasteiger charge is 2.02. The second-order valence-corrected chi connectivity index (χ2v) is 4.16. The van der Waals surface area contributed by atoms with E-state index in [1.54, 1.807) is 11.9 Å². The molecule has 13 heavy (non-hydrogen) atoms. The molecule has 0 unspecified atom stereocenters. The molecule has 0 saturated carbocycles. The molecule has 0 radical (unpaired) electrons. The molecular formula is C8H18N2O2S. The number of carbonyl (C=O) groups is 1. The number of carbonyl (C=O) groups excluding carboxylic acids is 1. The Morgan fingerprint density at radius 3 is 2.77 bits per heavy atom. The van der Waals surface area contributed by atoms with Crippen LogP contribution in [0.4, 0.5) is 0 Å². The lowest BCUT2D eigenvalue weighted by atomic mass is 10.4. The number of hydrogen-bond acceptors (Lipinski definition) is 5. The molecule has 0 heterocycles. The number of nitrogens with zero attached hydrogens (tertiary/aromatic N) is 1. The molecule has 0 saturated heterocycles. The molecule has 2 N–H and O–H groups in total. The van der Waals surface area contributed by atoms with Crippen LogP contribution < -0.4 is 5.73 Å². The van der Waals surface area contributed by atoms with Gasteiger partial charge in [-0.15, -0.1) is 0 Å². The van der Waals surface area contributed by atoms with E-state index in [4.69, 9.17) is 10.5 Å². The second kappa shape index (κ2) is 8.34. The predicted molar refractivity (Wildman–Crippen MR) is 55.4 cm³/mol. The summed E-state index contributed by atoms with van der Waals surface area (Å²) in [6.07, 6.45) is 1.21. The fraction of sp³-hybridized carbons (Fsp3) is 0.875. The van der Waals surface area contributed by atoms with Crippen molar-refractivity contribution in [3.05, 3.63) is 0 Å². The van der Waals surface area contributed by atoms with Gasteiger partial charge in [-0.2, -0.15) is 0 Å². The van der Waals surface area contributed by atoms with Gasteiger partial charge in [0.15, 0.2) is 0 Å². The normalized spacial score (nSPS) is 10.5. The summed E-state index contributed by atoms with van der Waals surface area (Å²) in [5, 5.41) is 0. The third-order valence-electron chi connectivity index (χ3n) is 1.27. The third kappa shape index (κ3) is 9.66. The Morgan fingerprint density at radius 1 is 1.54 bits per heavy atom. The molecular weight excluding hydrogens is 188 g/mol. The van der Waals surface area contributed by atoms with Gasteiger partial charge in [-0.05, 0) is 27.1 Å². The van der Waals surface area contributed by atoms with Gasteiger partial charge in [0.2, 0.25) is 0 Å². The standard InChI is InChI=1S/C8H18N2O2S/c1-10(2)13-7-4-8(11)12-6-3-5-9/h3-7,9H2,1-2H3. The van der Waals surface area contributed by atoms with E-state index in [1.165, 1.54) is 0 Å². The summed E-state index contributed by atoms with van der Waals surface area (Å²) < 4.78 is 6.88. The van der Waals surface area contributed by atoms with Crippen molar-refractivity contribution < 1.29 is 9.53 Å². The Kier molecular flexibility index (Phi) is 8.18. The lowest BCUT2D eigenvalue weighted by molar-refractivity contribution is -0.143. The van der Waals surface area contributed by atoms with Crippen molar-refractivity contribution in [1.29, 1.82) is 0 Å². The molecule has 0 atom stereocenters. The van der Waals surface area contributed by atoms with Gasteiger partial charge in [-0.25, -0.2) is 0 Å². The maximum atomic E-state index is 11.0. The van der Waals surface area contributed by atoms with Crippen LogP contribution in [0.25, 0.3) is 0 Å². The quantitative estimate of drug-likeness (QED) is 0.373. The lowest BCUT2D eigenvalue weighted by Gasteiger charge is -2.07. The fourth-order valence-corrected chi connectivity index (χ4v) is 1.28. The van der Waals surface area contributed by atoms with Gasteiger partial charge in [0, 0.05) is 5.75 Å². The highest BCUT2D eigenvalue weighted by atomic mass is 32.2. The van der Waals surface area contributed by atoms with Gasteiger partial charge >= 0.3 is 5.97 Å². The number of nitrogens with two attached hydrogens (primary N) is 1. The summed E-state index contributed by atoms with van der Waals surface area (Å²) in [5.74, 6) is 0.636. The zero-order valence-corrected chi connectivity index (χ0v) is 9.10. The minimum Gasteiger partial charge on any atom is -0.466 e. The van der Waals surface area contributed by atoms with E-state index in [2.05, 4.69) is 0 Å². The van der Waals surface area contributed by atoms with Crippen molar-refractivity contribution in [2.24, 2.45) is 5.73 Å². The van der Waals surface area contributed by atoms with Crippen LogP contribution in [0.1, 0.15) is 12.8 Å². The Morgan fingerprint density at radius 2 is 2.23 bits per heavy atom. The SMILES string of the molecule is CN(C)SCCC(=O)OCCCN. The molecule has 0 aliphatic heterocycles. The smallest absolute Gasteiger partial charge is 0.306 e. The van der Waals surface area contributed by atoms with E-state index in [0.29, 0.717) is 19.6 Å². The number of ether oxygens (including phenoxy) is 1. The van der Waals surface area contributed by atoms with Gasteiger partial charge in [0.05, 0.1) is 13.0 Å². The first-order valence-electron chi connectivity index (χ1n) is 4.32. The Labute approximate surface area is 83.9 Å². The Balaban J connectivity index is 3.20.